The van der Waals surface area contributed by atoms with Crippen LogP contribution >= 0.6 is 0 Å². The highest BCUT2D eigenvalue weighted by atomic mass is 32.2. The maximum absolute atomic E-state index is 12.2. The molecular weight excluding hydrogens is 274 g/mol. The second kappa shape index (κ2) is 6.13. The Hall–Kier alpha value is -1.76. The van der Waals surface area contributed by atoms with Gasteiger partial charge in [0.1, 0.15) is 0 Å². The molecular formula is C14H17N3O2S. The Morgan fingerprint density at radius 3 is 2.70 bits per heavy atom. The second-order valence-electron chi connectivity index (χ2n) is 4.44. The number of nitrogens with zero attached hydrogens (tertiary/aromatic N) is 1. The van der Waals surface area contributed by atoms with E-state index in [1.807, 2.05) is 13.0 Å². The van der Waals surface area contributed by atoms with E-state index in [9.17, 15) is 8.42 Å². The van der Waals surface area contributed by atoms with E-state index in [0.717, 1.165) is 11.1 Å². The summed E-state index contributed by atoms with van der Waals surface area (Å²) in [4.78, 5) is 4.30. The molecule has 2 rings (SSSR count). The third kappa shape index (κ3) is 3.41. The van der Waals surface area contributed by atoms with Crippen LogP contribution in [0.15, 0.2) is 47.5 Å². The van der Waals surface area contributed by atoms with Gasteiger partial charge in [0.15, 0.2) is 0 Å². The van der Waals surface area contributed by atoms with Crippen LogP contribution in [0.5, 0.6) is 0 Å². The summed E-state index contributed by atoms with van der Waals surface area (Å²) in [7, 11) is -3.55. The number of pyridine rings is 1. The number of benzene rings is 1. The molecule has 0 aliphatic heterocycles. The molecule has 5 nitrogen and oxygen atoms in total. The first-order chi connectivity index (χ1) is 9.53. The standard InChI is InChI=1S/C14H17N3O2S/c1-11-5-6-14(8-12(11)9-15)20(18,19)17-10-13-4-2-3-7-16-13/h2-8,17H,9-10,15H2,1H3. The number of nitrogens with one attached hydrogen (secondary N) is 1. The molecule has 0 radical (unpaired) electrons. The largest absolute Gasteiger partial charge is 0.326 e. The van der Waals surface area contributed by atoms with E-state index >= 15 is 0 Å². The molecule has 0 saturated heterocycles. The number of hydrogen-bond donors (Lipinski definition) is 2. The van der Waals surface area contributed by atoms with Crippen molar-refractivity contribution in [2.75, 3.05) is 0 Å². The molecule has 20 heavy (non-hydrogen) atoms. The highest BCUT2D eigenvalue weighted by molar-refractivity contribution is 7.89. The topological polar surface area (TPSA) is 85.1 Å². The summed E-state index contributed by atoms with van der Waals surface area (Å²) in [5.41, 5.74) is 8.08. The van der Waals surface area contributed by atoms with Crippen LogP contribution in [0.25, 0.3) is 0 Å². The number of hydrogen-bond acceptors (Lipinski definition) is 4. The summed E-state index contributed by atoms with van der Waals surface area (Å²) < 4.78 is 26.9. The van der Waals surface area contributed by atoms with Gasteiger partial charge in [0, 0.05) is 12.7 Å². The molecule has 1 aromatic heterocycles. The van der Waals surface area contributed by atoms with Crippen LogP contribution in [0.3, 0.4) is 0 Å². The molecule has 0 atom stereocenters. The smallest absolute Gasteiger partial charge is 0.240 e. The molecule has 3 N–H and O–H groups in total. The van der Waals surface area contributed by atoms with Gasteiger partial charge >= 0.3 is 0 Å². The first-order valence-electron chi connectivity index (χ1n) is 6.22. The third-order valence-electron chi connectivity index (χ3n) is 3.02. The summed E-state index contributed by atoms with van der Waals surface area (Å²) >= 11 is 0. The number of aromatic nitrogens is 1. The summed E-state index contributed by atoms with van der Waals surface area (Å²) in [6.45, 7) is 2.38. The van der Waals surface area contributed by atoms with Crippen molar-refractivity contribution in [1.82, 2.24) is 9.71 Å². The Balaban J connectivity index is 2.18. The fourth-order valence-corrected chi connectivity index (χ4v) is 2.84. The Bertz CT molecular complexity index is 685. The van der Waals surface area contributed by atoms with E-state index in [1.54, 1.807) is 36.5 Å². The van der Waals surface area contributed by atoms with Gasteiger partial charge in [-0.05, 0) is 42.3 Å². The maximum Gasteiger partial charge on any atom is 0.240 e. The van der Waals surface area contributed by atoms with Crippen LogP contribution in [-0.2, 0) is 23.1 Å². The van der Waals surface area contributed by atoms with Crippen molar-refractivity contribution in [2.24, 2.45) is 5.73 Å². The molecule has 6 heteroatoms. The molecule has 0 aliphatic carbocycles. The van der Waals surface area contributed by atoms with Crippen molar-refractivity contribution < 1.29 is 8.42 Å². The van der Waals surface area contributed by atoms with Crippen LogP contribution < -0.4 is 10.5 Å². The lowest BCUT2D eigenvalue weighted by Gasteiger charge is -2.09. The summed E-state index contributed by atoms with van der Waals surface area (Å²) in [5, 5.41) is 0. The van der Waals surface area contributed by atoms with Gasteiger partial charge in [0.05, 0.1) is 17.1 Å². The quantitative estimate of drug-likeness (QED) is 0.870. The van der Waals surface area contributed by atoms with E-state index in [1.165, 1.54) is 0 Å². The highest BCUT2D eigenvalue weighted by Crippen LogP contribution is 2.15. The van der Waals surface area contributed by atoms with E-state index < -0.39 is 10.0 Å². The molecule has 0 saturated carbocycles. The Morgan fingerprint density at radius 2 is 2.05 bits per heavy atom. The summed E-state index contributed by atoms with van der Waals surface area (Å²) in [6, 6.07) is 10.3. The Morgan fingerprint density at radius 1 is 1.25 bits per heavy atom. The molecule has 0 amide bonds. The Labute approximate surface area is 118 Å². The van der Waals surface area contributed by atoms with Crippen molar-refractivity contribution in [1.29, 1.82) is 0 Å². The van der Waals surface area contributed by atoms with Crippen molar-refractivity contribution in [2.45, 2.75) is 24.9 Å². The number of nitrogens with two attached hydrogens (primary N) is 1. The van der Waals surface area contributed by atoms with Crippen LogP contribution in [0.4, 0.5) is 0 Å². The number of sulfonamides is 1. The van der Waals surface area contributed by atoms with Gasteiger partial charge in [-0.25, -0.2) is 13.1 Å². The van der Waals surface area contributed by atoms with Gasteiger partial charge in [-0.1, -0.05) is 12.1 Å². The van der Waals surface area contributed by atoms with Crippen molar-refractivity contribution in [3.63, 3.8) is 0 Å². The highest BCUT2D eigenvalue weighted by Gasteiger charge is 2.15. The molecule has 1 aromatic carbocycles. The summed E-state index contributed by atoms with van der Waals surface area (Å²) in [6.07, 6.45) is 1.63. The molecule has 0 bridgehead atoms. The minimum absolute atomic E-state index is 0.162. The van der Waals surface area contributed by atoms with Crippen LogP contribution in [0.2, 0.25) is 0 Å². The fraction of sp³-hybridized carbons (Fsp3) is 0.214. The van der Waals surface area contributed by atoms with Gasteiger partial charge in [0.2, 0.25) is 10.0 Å². The third-order valence-corrected chi connectivity index (χ3v) is 4.42. The average Bonchev–Trinajstić information content (AvgIpc) is 2.46. The molecule has 0 aliphatic rings. The van der Waals surface area contributed by atoms with Gasteiger partial charge in [-0.15, -0.1) is 0 Å². The van der Waals surface area contributed by atoms with Gasteiger partial charge in [-0.3, -0.25) is 4.98 Å². The molecule has 1 heterocycles. The van der Waals surface area contributed by atoms with Crippen LogP contribution in [0, 0.1) is 6.92 Å². The number of aryl methyl sites for hydroxylation is 1. The van der Waals surface area contributed by atoms with Crippen molar-refractivity contribution in [3.8, 4) is 0 Å². The lowest BCUT2D eigenvalue weighted by atomic mass is 10.1. The minimum Gasteiger partial charge on any atom is -0.326 e. The van der Waals surface area contributed by atoms with Crippen LogP contribution in [-0.4, -0.2) is 13.4 Å². The van der Waals surface area contributed by atoms with Gasteiger partial charge in [0.25, 0.3) is 0 Å². The van der Waals surface area contributed by atoms with Crippen LogP contribution in [0.1, 0.15) is 16.8 Å². The zero-order valence-electron chi connectivity index (χ0n) is 11.2. The minimum atomic E-state index is -3.55. The van der Waals surface area contributed by atoms with E-state index in [2.05, 4.69) is 9.71 Å². The molecule has 0 fully saturated rings. The predicted molar refractivity (Wildman–Crippen MR) is 77.3 cm³/mol. The van der Waals surface area contributed by atoms with Gasteiger partial charge < -0.3 is 5.73 Å². The molecule has 106 valence electrons. The molecule has 2 aromatic rings. The fourth-order valence-electron chi connectivity index (χ4n) is 1.79. The predicted octanol–water partition coefficient (Wildman–Crippen LogP) is 1.33. The average molecular weight is 291 g/mol. The zero-order chi connectivity index (χ0) is 14.6. The monoisotopic (exact) mass is 291 g/mol. The van der Waals surface area contributed by atoms with E-state index in [0.29, 0.717) is 12.2 Å². The van der Waals surface area contributed by atoms with E-state index in [4.69, 9.17) is 5.73 Å². The summed E-state index contributed by atoms with van der Waals surface area (Å²) in [5.74, 6) is 0. The van der Waals surface area contributed by atoms with E-state index in [-0.39, 0.29) is 11.4 Å². The Kier molecular flexibility index (Phi) is 4.49. The first-order valence-corrected chi connectivity index (χ1v) is 7.70. The SMILES string of the molecule is Cc1ccc(S(=O)(=O)NCc2ccccn2)cc1CN. The normalized spacial score (nSPS) is 11.5. The molecule has 0 spiro atoms. The maximum atomic E-state index is 12.2. The zero-order valence-corrected chi connectivity index (χ0v) is 12.0. The van der Waals surface area contributed by atoms with Crippen molar-refractivity contribution >= 4 is 10.0 Å². The second-order valence-corrected chi connectivity index (χ2v) is 6.20. The van der Waals surface area contributed by atoms with Gasteiger partial charge in [-0.2, -0.15) is 0 Å². The first kappa shape index (κ1) is 14.6. The molecule has 0 unspecified atom stereocenters. The lowest BCUT2D eigenvalue weighted by Crippen LogP contribution is -2.24. The lowest BCUT2D eigenvalue weighted by molar-refractivity contribution is 0.580. The van der Waals surface area contributed by atoms with Crippen molar-refractivity contribution in [3.05, 3.63) is 59.4 Å². The number of rotatable bonds is 5.